The van der Waals surface area contributed by atoms with Gasteiger partial charge in [0.25, 0.3) is 0 Å². The first-order valence-electron chi connectivity index (χ1n) is 6.19. The maximum Gasteiger partial charge on any atom is 0.223 e. The summed E-state index contributed by atoms with van der Waals surface area (Å²) < 4.78 is 1.92. The Kier molecular flexibility index (Phi) is 3.72. The van der Waals surface area contributed by atoms with Crippen LogP contribution in [-0.4, -0.2) is 22.2 Å². The Morgan fingerprint density at radius 1 is 1.53 bits per heavy atom. The van der Waals surface area contributed by atoms with Crippen LogP contribution in [0.4, 0.5) is 0 Å². The van der Waals surface area contributed by atoms with E-state index in [2.05, 4.69) is 10.4 Å². The number of aromatic nitrogens is 2. The number of nitrogens with one attached hydrogen (secondary N) is 1. The summed E-state index contributed by atoms with van der Waals surface area (Å²) in [6, 6.07) is 0. The van der Waals surface area contributed by atoms with Crippen molar-refractivity contribution in [3.05, 3.63) is 16.4 Å². The quantitative estimate of drug-likeness (QED) is 0.892. The van der Waals surface area contributed by atoms with E-state index in [0.717, 1.165) is 42.3 Å². The minimum atomic E-state index is 0.0548. The van der Waals surface area contributed by atoms with Gasteiger partial charge in [-0.15, -0.1) is 0 Å². The summed E-state index contributed by atoms with van der Waals surface area (Å²) >= 11 is 6.32. The molecule has 0 saturated carbocycles. The van der Waals surface area contributed by atoms with Crippen LogP contribution in [0.15, 0.2) is 0 Å². The fourth-order valence-corrected chi connectivity index (χ4v) is 2.63. The van der Waals surface area contributed by atoms with Crippen molar-refractivity contribution in [3.63, 3.8) is 0 Å². The number of amides is 1. The van der Waals surface area contributed by atoms with Gasteiger partial charge in [0.15, 0.2) is 0 Å². The Morgan fingerprint density at radius 3 is 2.82 bits per heavy atom. The third kappa shape index (κ3) is 2.32. The van der Waals surface area contributed by atoms with Crippen LogP contribution >= 0.6 is 11.6 Å². The molecule has 1 N–H and O–H groups in total. The zero-order valence-electron chi connectivity index (χ0n) is 10.3. The van der Waals surface area contributed by atoms with Crippen LogP contribution in [0.2, 0.25) is 5.02 Å². The Hall–Kier alpha value is -1.03. The Morgan fingerprint density at radius 2 is 2.29 bits per heavy atom. The minimum absolute atomic E-state index is 0.0548. The molecular weight excluding hydrogens is 238 g/mol. The molecule has 1 aliphatic rings. The third-order valence-corrected chi connectivity index (χ3v) is 3.73. The molecule has 5 heteroatoms. The number of carbonyl (C=O) groups is 1. The lowest BCUT2D eigenvalue weighted by Gasteiger charge is -2.09. The third-order valence-electron chi connectivity index (χ3n) is 3.30. The van der Waals surface area contributed by atoms with E-state index in [4.69, 9.17) is 11.6 Å². The van der Waals surface area contributed by atoms with Crippen molar-refractivity contribution in [1.29, 1.82) is 0 Å². The van der Waals surface area contributed by atoms with E-state index in [0.29, 0.717) is 6.42 Å². The second-order valence-electron chi connectivity index (χ2n) is 4.36. The highest BCUT2D eigenvalue weighted by atomic mass is 35.5. The van der Waals surface area contributed by atoms with Gasteiger partial charge in [0.2, 0.25) is 5.91 Å². The number of halogens is 1. The Labute approximate surface area is 106 Å². The number of hydrogen-bond acceptors (Lipinski definition) is 2. The van der Waals surface area contributed by atoms with Gasteiger partial charge < -0.3 is 5.32 Å². The number of nitrogens with zero attached hydrogens (tertiary/aromatic N) is 2. The molecule has 94 valence electrons. The molecule has 1 unspecified atom stereocenters. The van der Waals surface area contributed by atoms with Crippen molar-refractivity contribution in [3.8, 4) is 0 Å². The van der Waals surface area contributed by atoms with Crippen LogP contribution in [0.5, 0.6) is 0 Å². The second-order valence-corrected chi connectivity index (χ2v) is 4.74. The number of carbonyl (C=O) groups excluding carboxylic acids is 1. The topological polar surface area (TPSA) is 46.9 Å². The van der Waals surface area contributed by atoms with E-state index >= 15 is 0 Å². The average Bonchev–Trinajstić information content (AvgIpc) is 2.86. The molecule has 0 aliphatic carbocycles. The van der Waals surface area contributed by atoms with Crippen LogP contribution in [0.1, 0.15) is 31.7 Å². The summed E-state index contributed by atoms with van der Waals surface area (Å²) in [5, 5.41) is 8.07. The summed E-state index contributed by atoms with van der Waals surface area (Å²) in [6.45, 7) is 5.66. The summed E-state index contributed by atoms with van der Waals surface area (Å²) in [6.07, 6.45) is 2.42. The lowest BCUT2D eigenvalue weighted by molar-refractivity contribution is -0.122. The van der Waals surface area contributed by atoms with Crippen LogP contribution < -0.4 is 5.32 Å². The van der Waals surface area contributed by atoms with Gasteiger partial charge in [-0.05, 0) is 19.8 Å². The molecule has 1 saturated heterocycles. The normalized spacial score (nSPS) is 19.7. The molecule has 1 aromatic rings. The second kappa shape index (κ2) is 5.08. The molecule has 2 heterocycles. The molecule has 4 nitrogen and oxygen atoms in total. The molecule has 1 aromatic heterocycles. The zero-order chi connectivity index (χ0) is 12.4. The number of aryl methyl sites for hydroxylation is 2. The van der Waals surface area contributed by atoms with Crippen molar-refractivity contribution in [2.75, 3.05) is 6.54 Å². The molecule has 0 radical (unpaired) electrons. The number of rotatable bonds is 4. The molecule has 0 spiro atoms. The number of hydrogen-bond donors (Lipinski definition) is 1. The lowest BCUT2D eigenvalue weighted by atomic mass is 10.0. The summed E-state index contributed by atoms with van der Waals surface area (Å²) in [4.78, 5) is 11.6. The molecule has 1 atom stereocenters. The predicted molar refractivity (Wildman–Crippen MR) is 67.1 cm³/mol. The van der Waals surface area contributed by atoms with Gasteiger partial charge in [-0.25, -0.2) is 0 Å². The van der Waals surface area contributed by atoms with Crippen molar-refractivity contribution in [1.82, 2.24) is 15.1 Å². The van der Waals surface area contributed by atoms with Crippen LogP contribution in [0, 0.1) is 5.92 Å². The van der Waals surface area contributed by atoms with Crippen LogP contribution in [-0.2, 0) is 24.2 Å². The van der Waals surface area contributed by atoms with Crippen molar-refractivity contribution < 1.29 is 4.79 Å². The SMILES string of the molecule is CCc1nn(CC)c(CC2CCNC2=O)c1Cl. The van der Waals surface area contributed by atoms with E-state index in [1.54, 1.807) is 0 Å². The highest BCUT2D eigenvalue weighted by Gasteiger charge is 2.27. The van der Waals surface area contributed by atoms with Gasteiger partial charge in [-0.2, -0.15) is 5.10 Å². The summed E-state index contributed by atoms with van der Waals surface area (Å²) in [5.74, 6) is 0.196. The average molecular weight is 256 g/mol. The van der Waals surface area contributed by atoms with Crippen molar-refractivity contribution >= 4 is 17.5 Å². The predicted octanol–water partition coefficient (Wildman–Crippen LogP) is 1.80. The Bertz CT molecular complexity index is 428. The fraction of sp³-hybridized carbons (Fsp3) is 0.667. The molecule has 0 aromatic carbocycles. The highest BCUT2D eigenvalue weighted by molar-refractivity contribution is 6.31. The molecular formula is C12H18ClN3O. The maximum absolute atomic E-state index is 11.6. The zero-order valence-corrected chi connectivity index (χ0v) is 11.0. The summed E-state index contributed by atoms with van der Waals surface area (Å²) in [5.41, 5.74) is 1.94. The van der Waals surface area contributed by atoms with E-state index in [9.17, 15) is 4.79 Å². The van der Waals surface area contributed by atoms with Crippen molar-refractivity contribution in [2.24, 2.45) is 5.92 Å². The van der Waals surface area contributed by atoms with E-state index in [-0.39, 0.29) is 11.8 Å². The van der Waals surface area contributed by atoms with E-state index < -0.39 is 0 Å². The van der Waals surface area contributed by atoms with Crippen LogP contribution in [0.25, 0.3) is 0 Å². The molecule has 1 amide bonds. The first-order chi connectivity index (χ1) is 8.17. The monoisotopic (exact) mass is 255 g/mol. The van der Waals surface area contributed by atoms with Gasteiger partial charge in [0.1, 0.15) is 0 Å². The first kappa shape index (κ1) is 12.4. The van der Waals surface area contributed by atoms with Gasteiger partial charge in [-0.1, -0.05) is 18.5 Å². The molecule has 17 heavy (non-hydrogen) atoms. The lowest BCUT2D eigenvalue weighted by Crippen LogP contribution is -2.21. The smallest absolute Gasteiger partial charge is 0.223 e. The highest BCUT2D eigenvalue weighted by Crippen LogP contribution is 2.26. The van der Waals surface area contributed by atoms with Gasteiger partial charge >= 0.3 is 0 Å². The standard InChI is InChI=1S/C12H18ClN3O/c1-3-9-11(13)10(16(4-2)15-9)7-8-5-6-14-12(8)17/h8H,3-7H2,1-2H3,(H,14,17). The minimum Gasteiger partial charge on any atom is -0.356 e. The molecule has 1 aliphatic heterocycles. The molecule has 2 rings (SSSR count). The summed E-state index contributed by atoms with van der Waals surface area (Å²) in [7, 11) is 0. The largest absolute Gasteiger partial charge is 0.356 e. The van der Waals surface area contributed by atoms with Crippen LogP contribution in [0.3, 0.4) is 0 Å². The van der Waals surface area contributed by atoms with Gasteiger partial charge in [-0.3, -0.25) is 9.48 Å². The fourth-order valence-electron chi connectivity index (χ4n) is 2.29. The van der Waals surface area contributed by atoms with E-state index in [1.165, 1.54) is 0 Å². The first-order valence-corrected chi connectivity index (χ1v) is 6.56. The van der Waals surface area contributed by atoms with Gasteiger partial charge in [0, 0.05) is 25.4 Å². The maximum atomic E-state index is 11.6. The van der Waals surface area contributed by atoms with Gasteiger partial charge in [0.05, 0.1) is 16.4 Å². The van der Waals surface area contributed by atoms with E-state index in [1.807, 2.05) is 18.5 Å². The molecule has 1 fully saturated rings. The Balaban J connectivity index is 2.24. The van der Waals surface area contributed by atoms with Crippen molar-refractivity contribution in [2.45, 2.75) is 39.7 Å². The molecule has 0 bridgehead atoms.